The molecule has 0 amide bonds. The normalized spacial score (nSPS) is 11.0. The van der Waals surface area contributed by atoms with E-state index in [1.165, 1.54) is 6.33 Å². The molecule has 20 heavy (non-hydrogen) atoms. The lowest BCUT2D eigenvalue weighted by molar-refractivity contribution is 0.415. The lowest BCUT2D eigenvalue weighted by Crippen LogP contribution is -1.88. The molecule has 0 aliphatic heterocycles. The Morgan fingerprint density at radius 2 is 1.95 bits per heavy atom. The molecule has 4 nitrogen and oxygen atoms in total. The average molecular weight is 308 g/mol. The number of fused-ring (bicyclic) bond motifs is 1. The minimum absolute atomic E-state index is 0.407. The van der Waals surface area contributed by atoms with Gasteiger partial charge in [0.05, 0.1) is 12.5 Å². The van der Waals surface area contributed by atoms with Gasteiger partial charge in [-0.1, -0.05) is 23.2 Å². The number of methoxy groups -OCH3 is 1. The van der Waals surface area contributed by atoms with Crippen LogP contribution >= 0.6 is 23.2 Å². The lowest BCUT2D eigenvalue weighted by Gasteiger charge is -2.06. The van der Waals surface area contributed by atoms with Crippen LogP contribution in [0, 0.1) is 0 Å². The molecule has 0 saturated heterocycles. The van der Waals surface area contributed by atoms with Gasteiger partial charge in [0, 0.05) is 29.4 Å². The molecule has 0 aliphatic carbocycles. The van der Waals surface area contributed by atoms with Gasteiger partial charge in [0.15, 0.2) is 0 Å². The third kappa shape index (κ3) is 2.01. The standard InChI is InChI=1S/C14H11Cl2N3O/c1-19-6-10(12-13(16)17-7-18-14(12)19)9-5-8(20-2)3-4-11(9)15/h3-7H,1-2H3. The van der Waals surface area contributed by atoms with Crippen LogP contribution in [0.1, 0.15) is 0 Å². The van der Waals surface area contributed by atoms with Gasteiger partial charge in [-0.15, -0.1) is 0 Å². The number of nitrogens with zero attached hydrogens (tertiary/aromatic N) is 3. The van der Waals surface area contributed by atoms with E-state index in [4.69, 9.17) is 27.9 Å². The van der Waals surface area contributed by atoms with E-state index in [1.807, 2.05) is 29.9 Å². The van der Waals surface area contributed by atoms with Crippen LogP contribution in [0.3, 0.4) is 0 Å². The fourth-order valence-electron chi connectivity index (χ4n) is 2.22. The first-order chi connectivity index (χ1) is 9.61. The first-order valence-electron chi connectivity index (χ1n) is 5.91. The quantitative estimate of drug-likeness (QED) is 0.673. The van der Waals surface area contributed by atoms with Crippen LogP contribution in [0.15, 0.2) is 30.7 Å². The van der Waals surface area contributed by atoms with E-state index in [1.54, 1.807) is 13.2 Å². The summed E-state index contributed by atoms with van der Waals surface area (Å²) in [4.78, 5) is 8.30. The van der Waals surface area contributed by atoms with Crippen LogP contribution in [0.25, 0.3) is 22.2 Å². The van der Waals surface area contributed by atoms with Crippen molar-refractivity contribution in [3.05, 3.63) is 40.9 Å². The second-order valence-electron chi connectivity index (χ2n) is 4.36. The van der Waals surface area contributed by atoms with Crippen molar-refractivity contribution < 1.29 is 4.74 Å². The molecule has 102 valence electrons. The van der Waals surface area contributed by atoms with Crippen LogP contribution in [-0.2, 0) is 7.05 Å². The summed E-state index contributed by atoms with van der Waals surface area (Å²) < 4.78 is 7.15. The number of hydrogen-bond donors (Lipinski definition) is 0. The molecule has 0 fully saturated rings. The van der Waals surface area contributed by atoms with E-state index in [0.29, 0.717) is 10.2 Å². The molecule has 1 aromatic carbocycles. The minimum Gasteiger partial charge on any atom is -0.497 e. The second kappa shape index (κ2) is 4.96. The van der Waals surface area contributed by atoms with Crippen molar-refractivity contribution in [1.82, 2.24) is 14.5 Å². The predicted octanol–water partition coefficient (Wildman–Crippen LogP) is 3.95. The number of ether oxygens (including phenoxy) is 1. The number of hydrogen-bond acceptors (Lipinski definition) is 3. The SMILES string of the molecule is COc1ccc(Cl)c(-c2cn(C)c3ncnc(Cl)c23)c1. The Hall–Kier alpha value is -1.78. The highest BCUT2D eigenvalue weighted by molar-refractivity contribution is 6.36. The first kappa shape index (κ1) is 13.2. The molecule has 0 aliphatic rings. The zero-order valence-electron chi connectivity index (χ0n) is 10.9. The van der Waals surface area contributed by atoms with Gasteiger partial charge in [-0.3, -0.25) is 0 Å². The van der Waals surface area contributed by atoms with Crippen LogP contribution in [-0.4, -0.2) is 21.6 Å². The molecule has 6 heteroatoms. The monoisotopic (exact) mass is 307 g/mol. The Labute approximate surface area is 125 Å². The molecule has 3 aromatic rings. The van der Waals surface area contributed by atoms with Crippen molar-refractivity contribution in [3.63, 3.8) is 0 Å². The van der Waals surface area contributed by atoms with E-state index in [9.17, 15) is 0 Å². The Balaban J connectivity index is 2.35. The second-order valence-corrected chi connectivity index (χ2v) is 5.13. The van der Waals surface area contributed by atoms with Crippen molar-refractivity contribution in [1.29, 1.82) is 0 Å². The molecular formula is C14H11Cl2N3O. The molecule has 0 radical (unpaired) electrons. The highest BCUT2D eigenvalue weighted by atomic mass is 35.5. The smallest absolute Gasteiger partial charge is 0.145 e. The maximum Gasteiger partial charge on any atom is 0.145 e. The molecular weight excluding hydrogens is 297 g/mol. The van der Waals surface area contributed by atoms with Gasteiger partial charge in [0.1, 0.15) is 22.9 Å². The van der Waals surface area contributed by atoms with Crippen molar-refractivity contribution in [2.45, 2.75) is 0 Å². The molecule has 0 spiro atoms. The molecule has 0 saturated carbocycles. The largest absolute Gasteiger partial charge is 0.497 e. The number of aryl methyl sites for hydroxylation is 1. The van der Waals surface area contributed by atoms with Crippen LogP contribution in [0.4, 0.5) is 0 Å². The fourth-order valence-corrected chi connectivity index (χ4v) is 2.67. The summed E-state index contributed by atoms with van der Waals surface area (Å²) in [5, 5.41) is 1.81. The first-order valence-corrected chi connectivity index (χ1v) is 6.67. The van der Waals surface area contributed by atoms with Gasteiger partial charge in [-0.2, -0.15) is 0 Å². The van der Waals surface area contributed by atoms with Gasteiger partial charge in [0.25, 0.3) is 0 Å². The molecule has 0 unspecified atom stereocenters. The summed E-state index contributed by atoms with van der Waals surface area (Å²) in [6.45, 7) is 0. The van der Waals surface area contributed by atoms with Gasteiger partial charge < -0.3 is 9.30 Å². The molecule has 2 aromatic heterocycles. The summed E-state index contributed by atoms with van der Waals surface area (Å²) in [5.74, 6) is 0.731. The zero-order chi connectivity index (χ0) is 14.3. The van der Waals surface area contributed by atoms with Crippen molar-refractivity contribution in [2.75, 3.05) is 7.11 Å². The topological polar surface area (TPSA) is 39.9 Å². The third-order valence-corrected chi connectivity index (χ3v) is 3.79. The van der Waals surface area contributed by atoms with Crippen molar-refractivity contribution >= 4 is 34.2 Å². The maximum absolute atomic E-state index is 6.30. The Kier molecular flexibility index (Phi) is 3.28. The molecule has 0 bridgehead atoms. The van der Waals surface area contributed by atoms with E-state index in [0.717, 1.165) is 27.9 Å². The molecule has 0 atom stereocenters. The van der Waals surface area contributed by atoms with Crippen molar-refractivity contribution in [3.8, 4) is 16.9 Å². The Morgan fingerprint density at radius 1 is 1.15 bits per heavy atom. The summed E-state index contributed by atoms with van der Waals surface area (Å²) in [5.41, 5.74) is 2.49. The summed E-state index contributed by atoms with van der Waals surface area (Å²) in [6.07, 6.45) is 3.38. The van der Waals surface area contributed by atoms with Gasteiger partial charge in [0.2, 0.25) is 0 Å². The average Bonchev–Trinajstić information content (AvgIpc) is 2.78. The van der Waals surface area contributed by atoms with Crippen LogP contribution < -0.4 is 4.74 Å². The number of rotatable bonds is 2. The minimum atomic E-state index is 0.407. The van der Waals surface area contributed by atoms with Crippen LogP contribution in [0.5, 0.6) is 5.75 Å². The van der Waals surface area contributed by atoms with Gasteiger partial charge >= 0.3 is 0 Å². The maximum atomic E-state index is 6.30. The molecule has 0 N–H and O–H groups in total. The highest BCUT2D eigenvalue weighted by Gasteiger charge is 2.16. The summed E-state index contributed by atoms with van der Waals surface area (Å²) >= 11 is 12.5. The van der Waals surface area contributed by atoms with E-state index in [2.05, 4.69) is 9.97 Å². The zero-order valence-corrected chi connectivity index (χ0v) is 12.4. The van der Waals surface area contributed by atoms with E-state index < -0.39 is 0 Å². The number of halogens is 2. The lowest BCUT2D eigenvalue weighted by atomic mass is 10.1. The molecule has 2 heterocycles. The highest BCUT2D eigenvalue weighted by Crippen LogP contribution is 2.38. The van der Waals surface area contributed by atoms with Gasteiger partial charge in [-0.05, 0) is 18.2 Å². The predicted molar refractivity (Wildman–Crippen MR) is 80.5 cm³/mol. The van der Waals surface area contributed by atoms with Crippen LogP contribution in [0.2, 0.25) is 10.2 Å². The fraction of sp³-hybridized carbons (Fsp3) is 0.143. The number of aromatic nitrogens is 3. The molecule has 3 rings (SSSR count). The number of benzene rings is 1. The Morgan fingerprint density at radius 3 is 2.70 bits per heavy atom. The summed E-state index contributed by atoms with van der Waals surface area (Å²) in [6, 6.07) is 5.49. The summed E-state index contributed by atoms with van der Waals surface area (Å²) in [7, 11) is 3.52. The third-order valence-electron chi connectivity index (χ3n) is 3.17. The Bertz CT molecular complexity index is 798. The van der Waals surface area contributed by atoms with Crippen molar-refractivity contribution in [2.24, 2.45) is 7.05 Å². The van der Waals surface area contributed by atoms with E-state index in [-0.39, 0.29) is 0 Å². The van der Waals surface area contributed by atoms with E-state index >= 15 is 0 Å². The van der Waals surface area contributed by atoms with Gasteiger partial charge in [-0.25, -0.2) is 9.97 Å².